The molecule has 1 aromatic carbocycles. The van der Waals surface area contributed by atoms with Gasteiger partial charge in [0.05, 0.1) is 0 Å². The third-order valence-corrected chi connectivity index (χ3v) is 4.91. The number of carbonyl (C=O) groups excluding carboxylic acids is 2. The number of hydrogen-bond acceptors (Lipinski definition) is 3. The van der Waals surface area contributed by atoms with Gasteiger partial charge in [0.2, 0.25) is 5.91 Å². The molecule has 0 aliphatic carbocycles. The van der Waals surface area contributed by atoms with Crippen LogP contribution in [0.3, 0.4) is 0 Å². The third kappa shape index (κ3) is 3.80. The maximum Gasteiger partial charge on any atom is 0.322 e. The molecular formula is C18H26N4O2. The van der Waals surface area contributed by atoms with Crippen LogP contribution in [0.5, 0.6) is 0 Å². The molecule has 6 nitrogen and oxygen atoms in total. The fraction of sp³-hybridized carbons (Fsp3) is 0.556. The first-order valence-electron chi connectivity index (χ1n) is 8.87. The lowest BCUT2D eigenvalue weighted by atomic mass is 10.2. The zero-order valence-corrected chi connectivity index (χ0v) is 14.0. The van der Waals surface area contributed by atoms with Crippen LogP contribution < -0.4 is 16.0 Å². The molecule has 1 aromatic rings. The molecule has 0 spiro atoms. The van der Waals surface area contributed by atoms with Gasteiger partial charge >= 0.3 is 6.03 Å². The monoisotopic (exact) mass is 330 g/mol. The average molecular weight is 330 g/mol. The summed E-state index contributed by atoms with van der Waals surface area (Å²) in [5.41, 5.74) is 7.29. The number of amides is 3. The lowest BCUT2D eigenvalue weighted by Crippen LogP contribution is -2.45. The lowest BCUT2D eigenvalue weighted by molar-refractivity contribution is -0.121. The Morgan fingerprint density at radius 1 is 1.04 bits per heavy atom. The van der Waals surface area contributed by atoms with Gasteiger partial charge in [-0.3, -0.25) is 4.79 Å². The number of rotatable bonds is 3. The molecule has 24 heavy (non-hydrogen) atoms. The van der Waals surface area contributed by atoms with Gasteiger partial charge in [-0.1, -0.05) is 18.9 Å². The minimum absolute atomic E-state index is 0.246. The summed E-state index contributed by atoms with van der Waals surface area (Å²) >= 11 is 0. The Hall–Kier alpha value is -2.24. The summed E-state index contributed by atoms with van der Waals surface area (Å²) in [7, 11) is 0. The van der Waals surface area contributed by atoms with Crippen molar-refractivity contribution in [2.45, 2.75) is 44.6 Å². The predicted molar refractivity (Wildman–Crippen MR) is 95.1 cm³/mol. The second kappa shape index (κ2) is 7.55. The van der Waals surface area contributed by atoms with Crippen LogP contribution in [0.1, 0.15) is 38.5 Å². The Morgan fingerprint density at radius 2 is 1.79 bits per heavy atom. The number of likely N-dealkylation sites (tertiary alicyclic amines) is 1. The quantitative estimate of drug-likeness (QED) is 0.894. The number of carbonyl (C=O) groups is 2. The first-order chi connectivity index (χ1) is 11.6. The highest BCUT2D eigenvalue weighted by Gasteiger charge is 2.32. The van der Waals surface area contributed by atoms with E-state index >= 15 is 0 Å². The van der Waals surface area contributed by atoms with Crippen LogP contribution in [0.4, 0.5) is 16.2 Å². The Labute approximate surface area is 143 Å². The molecule has 2 saturated heterocycles. The largest absolute Gasteiger partial charge is 0.371 e. The smallest absolute Gasteiger partial charge is 0.322 e. The highest BCUT2D eigenvalue weighted by Crippen LogP contribution is 2.24. The summed E-state index contributed by atoms with van der Waals surface area (Å²) in [6.45, 7) is 2.70. The highest BCUT2D eigenvalue weighted by atomic mass is 16.2. The van der Waals surface area contributed by atoms with Crippen molar-refractivity contribution < 1.29 is 9.59 Å². The normalized spacial score (nSPS) is 21.4. The van der Waals surface area contributed by atoms with Crippen molar-refractivity contribution in [2.75, 3.05) is 29.9 Å². The van der Waals surface area contributed by atoms with Crippen LogP contribution in [0.2, 0.25) is 0 Å². The van der Waals surface area contributed by atoms with Gasteiger partial charge in [0, 0.05) is 31.0 Å². The summed E-state index contributed by atoms with van der Waals surface area (Å²) in [5, 5.41) is 2.92. The van der Waals surface area contributed by atoms with E-state index in [0.29, 0.717) is 13.0 Å². The Kier molecular flexibility index (Phi) is 5.23. The van der Waals surface area contributed by atoms with E-state index in [-0.39, 0.29) is 6.03 Å². The van der Waals surface area contributed by atoms with Crippen molar-refractivity contribution in [3.05, 3.63) is 24.3 Å². The summed E-state index contributed by atoms with van der Waals surface area (Å²) in [5.74, 6) is -0.430. The van der Waals surface area contributed by atoms with Crippen molar-refractivity contribution in [3.63, 3.8) is 0 Å². The van der Waals surface area contributed by atoms with Crippen LogP contribution in [0, 0.1) is 0 Å². The fourth-order valence-corrected chi connectivity index (χ4v) is 3.61. The van der Waals surface area contributed by atoms with Gasteiger partial charge in [-0.2, -0.15) is 0 Å². The fourth-order valence-electron chi connectivity index (χ4n) is 3.61. The van der Waals surface area contributed by atoms with Gasteiger partial charge in [0.25, 0.3) is 0 Å². The molecule has 0 bridgehead atoms. The number of nitrogens with two attached hydrogens (primary N) is 1. The zero-order chi connectivity index (χ0) is 16.9. The van der Waals surface area contributed by atoms with Crippen molar-refractivity contribution in [1.29, 1.82) is 0 Å². The molecule has 6 heteroatoms. The Morgan fingerprint density at radius 3 is 2.50 bits per heavy atom. The summed E-state index contributed by atoms with van der Waals surface area (Å²) in [4.78, 5) is 27.8. The van der Waals surface area contributed by atoms with Gasteiger partial charge < -0.3 is 20.9 Å². The van der Waals surface area contributed by atoms with Crippen LogP contribution >= 0.6 is 0 Å². The predicted octanol–water partition coefficient (Wildman–Crippen LogP) is 2.55. The van der Waals surface area contributed by atoms with Crippen molar-refractivity contribution >= 4 is 23.3 Å². The maximum atomic E-state index is 12.5. The molecule has 0 radical (unpaired) electrons. The third-order valence-electron chi connectivity index (χ3n) is 4.91. The number of nitrogens with zero attached hydrogens (tertiary/aromatic N) is 2. The summed E-state index contributed by atoms with van der Waals surface area (Å²) in [6, 6.07) is 7.21. The van der Waals surface area contributed by atoms with Crippen LogP contribution in [-0.2, 0) is 4.79 Å². The van der Waals surface area contributed by atoms with Gasteiger partial charge in [-0.15, -0.1) is 0 Å². The lowest BCUT2D eigenvalue weighted by Gasteiger charge is -2.25. The van der Waals surface area contributed by atoms with Crippen LogP contribution in [0.25, 0.3) is 0 Å². The summed E-state index contributed by atoms with van der Waals surface area (Å²) in [6.07, 6.45) is 6.47. The van der Waals surface area contributed by atoms with Crippen molar-refractivity contribution in [1.82, 2.24) is 4.90 Å². The first-order valence-corrected chi connectivity index (χ1v) is 8.87. The topological polar surface area (TPSA) is 78.7 Å². The second-order valence-electron chi connectivity index (χ2n) is 6.64. The molecule has 2 heterocycles. The molecule has 3 amide bonds. The standard InChI is InChI=1S/C18H26N4O2/c19-17(23)16-9-6-12-22(16)18(24)20-14-7-5-8-15(13-14)21-10-3-1-2-4-11-21/h5,7-8,13,16H,1-4,6,9-12H2,(H2,19,23)(H,20,24)/t16-/m1/s1. The van der Waals surface area contributed by atoms with Gasteiger partial charge in [0.1, 0.15) is 6.04 Å². The highest BCUT2D eigenvalue weighted by molar-refractivity contribution is 5.94. The van der Waals surface area contributed by atoms with E-state index in [2.05, 4.69) is 16.3 Å². The minimum Gasteiger partial charge on any atom is -0.371 e. The molecule has 2 fully saturated rings. The van der Waals surface area contributed by atoms with E-state index in [9.17, 15) is 9.59 Å². The van der Waals surface area contributed by atoms with E-state index in [1.54, 1.807) is 4.90 Å². The molecule has 0 unspecified atom stereocenters. The van der Waals surface area contributed by atoms with Crippen LogP contribution in [-0.4, -0.2) is 42.5 Å². The zero-order valence-electron chi connectivity index (χ0n) is 14.0. The number of urea groups is 1. The SMILES string of the molecule is NC(=O)[C@H]1CCCN1C(=O)Nc1cccc(N2CCCCCC2)c1. The van der Waals surface area contributed by atoms with Crippen molar-refractivity contribution in [3.8, 4) is 0 Å². The minimum atomic E-state index is -0.487. The number of nitrogens with one attached hydrogen (secondary N) is 1. The van der Waals surface area contributed by atoms with E-state index in [1.165, 1.54) is 25.7 Å². The number of anilines is 2. The van der Waals surface area contributed by atoms with E-state index in [4.69, 9.17) is 5.73 Å². The van der Waals surface area contributed by atoms with E-state index in [0.717, 1.165) is 30.9 Å². The second-order valence-corrected chi connectivity index (χ2v) is 6.64. The summed E-state index contributed by atoms with van der Waals surface area (Å²) < 4.78 is 0. The maximum absolute atomic E-state index is 12.5. The number of hydrogen-bond donors (Lipinski definition) is 2. The van der Waals surface area contributed by atoms with Crippen LogP contribution in [0.15, 0.2) is 24.3 Å². The molecule has 3 rings (SSSR count). The van der Waals surface area contributed by atoms with Gasteiger partial charge in [-0.05, 0) is 43.9 Å². The Bertz CT molecular complexity index is 596. The average Bonchev–Trinajstić information content (AvgIpc) is 2.91. The number of benzene rings is 1. The first kappa shape index (κ1) is 16.6. The van der Waals surface area contributed by atoms with E-state index in [1.807, 2.05) is 18.2 Å². The molecule has 2 aliphatic rings. The molecule has 3 N–H and O–H groups in total. The molecule has 2 aliphatic heterocycles. The number of primary amides is 1. The molecule has 0 saturated carbocycles. The molecule has 0 aromatic heterocycles. The van der Waals surface area contributed by atoms with Gasteiger partial charge in [-0.25, -0.2) is 4.79 Å². The molecule has 130 valence electrons. The molecular weight excluding hydrogens is 304 g/mol. The van der Waals surface area contributed by atoms with Gasteiger partial charge in [0.15, 0.2) is 0 Å². The molecule has 1 atom stereocenters. The van der Waals surface area contributed by atoms with Crippen molar-refractivity contribution in [2.24, 2.45) is 5.73 Å². The Balaban J connectivity index is 1.67. The van der Waals surface area contributed by atoms with E-state index < -0.39 is 11.9 Å².